The molecule has 4 aromatic rings. The molecule has 0 aliphatic carbocycles. The molecule has 4 N–H and O–H groups in total. The van der Waals surface area contributed by atoms with Gasteiger partial charge < -0.3 is 21.3 Å². The lowest BCUT2D eigenvalue weighted by molar-refractivity contribution is 0.402. The molecule has 8 atom stereocenters. The van der Waals surface area contributed by atoms with E-state index in [-0.39, 0.29) is 0 Å². The van der Waals surface area contributed by atoms with Gasteiger partial charge in [0.15, 0.2) is 0 Å². The molecule has 2 saturated heterocycles. The molecule has 8 rings (SSSR count). The summed E-state index contributed by atoms with van der Waals surface area (Å²) < 4.78 is 51.8. The van der Waals surface area contributed by atoms with Gasteiger partial charge in [0.05, 0.1) is 19.6 Å². The summed E-state index contributed by atoms with van der Waals surface area (Å²) in [6, 6.07) is 30.1. The molecule has 8 nitrogen and oxygen atoms in total. The van der Waals surface area contributed by atoms with Crippen LogP contribution in [0.15, 0.2) is 117 Å². The highest BCUT2D eigenvalue weighted by atomic mass is 32.2. The smallest absolute Gasteiger partial charge is 0.206 e. The van der Waals surface area contributed by atoms with Gasteiger partial charge in [-0.2, -0.15) is 0 Å². The summed E-state index contributed by atoms with van der Waals surface area (Å²) in [7, 11) is -6.96. The number of hydrogen-bond donors (Lipinski definition) is 4. The number of fused-ring (bicyclic) bond motifs is 6. The zero-order valence-electron chi connectivity index (χ0n) is 29.1. The highest BCUT2D eigenvalue weighted by Gasteiger charge is 2.41. The van der Waals surface area contributed by atoms with Crippen molar-refractivity contribution in [2.24, 2.45) is 11.8 Å². The van der Waals surface area contributed by atoms with Crippen LogP contribution in [0.25, 0.3) is 0 Å². The van der Waals surface area contributed by atoms with Crippen molar-refractivity contribution >= 4 is 31.0 Å². The Labute approximate surface area is 297 Å². The first-order valence-corrected chi connectivity index (χ1v) is 20.8. The van der Waals surface area contributed by atoms with E-state index < -0.39 is 19.7 Å². The average Bonchev–Trinajstić information content (AvgIpc) is 3.57. The summed E-state index contributed by atoms with van der Waals surface area (Å²) in [5.41, 5.74) is 4.46. The minimum absolute atomic E-state index is 0.339. The van der Waals surface area contributed by atoms with Gasteiger partial charge in [-0.3, -0.25) is 0 Å². The molecular formula is C40H48N4O4S2. The standard InChI is InChI=1S/2C20H24N2O2S/c1-13-11-21-12-14(2)20-19(13)17-10-16(8-9-18(17)22-20)25(23,24)15-6-4-3-5-7-15;1-13-10-17-18-12-16(25(23,24)15-6-4-3-5-7-15)8-9-19(18)22-20(17)11-14(2)21-13/h3-10,13-14,19-22H,11-12H2,1-2H3;3-9,12-14,17,20-22H,10-11H2,1-2H3/t13?,14?,19-,20-;13?,14?,17-,20+/m11/s1. The summed E-state index contributed by atoms with van der Waals surface area (Å²) in [4.78, 5) is 1.47. The zero-order valence-corrected chi connectivity index (χ0v) is 30.8. The fraction of sp³-hybridized carbons (Fsp3) is 0.400. The molecule has 0 radical (unpaired) electrons. The second-order valence-corrected chi connectivity index (χ2v) is 18.6. The predicted octanol–water partition coefficient (Wildman–Crippen LogP) is 6.83. The Kier molecular flexibility index (Phi) is 9.58. The third-order valence-electron chi connectivity index (χ3n) is 11.0. The summed E-state index contributed by atoms with van der Waals surface area (Å²) in [5.74, 6) is 1.65. The SMILES string of the molecule is CC1CNCC(C)[C@@H]2c3cc(S(=O)(=O)c4ccccc4)ccc3N[C@H]12.CC1C[C@@H]2Nc3ccc(S(=O)(=O)c4ccccc4)cc3[C@H]2CC(C)N1. The van der Waals surface area contributed by atoms with E-state index in [9.17, 15) is 16.8 Å². The van der Waals surface area contributed by atoms with E-state index in [0.717, 1.165) is 48.4 Å². The fourth-order valence-electron chi connectivity index (χ4n) is 8.56. The number of hydrogen-bond acceptors (Lipinski definition) is 8. The van der Waals surface area contributed by atoms with Crippen LogP contribution < -0.4 is 21.3 Å². The Hall–Kier alpha value is -3.70. The normalized spacial score (nSPS) is 28.6. The summed E-state index contributed by atoms with van der Waals surface area (Å²) in [5, 5.41) is 14.4. The molecule has 10 heteroatoms. The predicted molar refractivity (Wildman–Crippen MR) is 199 cm³/mol. The number of benzene rings is 4. The highest BCUT2D eigenvalue weighted by molar-refractivity contribution is 7.91. The van der Waals surface area contributed by atoms with Gasteiger partial charge in [-0.25, -0.2) is 16.8 Å². The Bertz CT molecular complexity index is 2060. The van der Waals surface area contributed by atoms with Crippen LogP contribution in [0.3, 0.4) is 0 Å². The van der Waals surface area contributed by atoms with Gasteiger partial charge in [0.1, 0.15) is 0 Å². The molecular weight excluding hydrogens is 665 g/mol. The molecule has 4 aromatic carbocycles. The summed E-state index contributed by atoms with van der Waals surface area (Å²) in [6.45, 7) is 10.9. The maximum Gasteiger partial charge on any atom is 0.206 e. The number of anilines is 2. The first kappa shape index (κ1) is 34.7. The Morgan fingerprint density at radius 1 is 0.560 bits per heavy atom. The molecule has 50 heavy (non-hydrogen) atoms. The van der Waals surface area contributed by atoms with Gasteiger partial charge in [0.25, 0.3) is 0 Å². The average molecular weight is 713 g/mol. The molecule has 0 spiro atoms. The second kappa shape index (κ2) is 13.8. The van der Waals surface area contributed by atoms with E-state index >= 15 is 0 Å². The third-order valence-corrected chi connectivity index (χ3v) is 14.5. The quantitative estimate of drug-likeness (QED) is 0.182. The maximum atomic E-state index is 13.0. The van der Waals surface area contributed by atoms with Crippen molar-refractivity contribution in [1.82, 2.24) is 10.6 Å². The van der Waals surface area contributed by atoms with Gasteiger partial charge >= 0.3 is 0 Å². The largest absolute Gasteiger partial charge is 0.381 e. The minimum atomic E-state index is -3.48. The van der Waals surface area contributed by atoms with Crippen molar-refractivity contribution in [2.75, 3.05) is 23.7 Å². The molecule has 264 valence electrons. The van der Waals surface area contributed by atoms with E-state index in [0.29, 0.717) is 67.4 Å². The fourth-order valence-corrected chi connectivity index (χ4v) is 11.2. The van der Waals surface area contributed by atoms with Crippen LogP contribution >= 0.6 is 0 Å². The van der Waals surface area contributed by atoms with Gasteiger partial charge in [0, 0.05) is 47.4 Å². The Morgan fingerprint density at radius 2 is 1.08 bits per heavy atom. The minimum Gasteiger partial charge on any atom is -0.381 e. The van der Waals surface area contributed by atoms with Crippen molar-refractivity contribution in [3.05, 3.63) is 108 Å². The molecule has 0 amide bonds. The summed E-state index contributed by atoms with van der Waals surface area (Å²) >= 11 is 0. The Morgan fingerprint density at radius 3 is 1.68 bits per heavy atom. The second-order valence-electron chi connectivity index (χ2n) is 14.7. The van der Waals surface area contributed by atoms with Crippen LogP contribution in [0.1, 0.15) is 63.5 Å². The van der Waals surface area contributed by atoms with Crippen molar-refractivity contribution in [1.29, 1.82) is 0 Å². The lowest BCUT2D eigenvalue weighted by atomic mass is 9.81. The molecule has 0 saturated carbocycles. The molecule has 0 aromatic heterocycles. The number of nitrogens with one attached hydrogen (secondary N) is 4. The van der Waals surface area contributed by atoms with Crippen molar-refractivity contribution in [2.45, 2.75) is 96.1 Å². The number of sulfone groups is 2. The van der Waals surface area contributed by atoms with E-state index in [2.05, 4.69) is 49.0 Å². The van der Waals surface area contributed by atoms with Crippen LogP contribution in [0.2, 0.25) is 0 Å². The van der Waals surface area contributed by atoms with Crippen LogP contribution in [0, 0.1) is 11.8 Å². The van der Waals surface area contributed by atoms with Crippen LogP contribution in [0.4, 0.5) is 11.4 Å². The Balaban J connectivity index is 0.000000157. The summed E-state index contributed by atoms with van der Waals surface area (Å²) in [6.07, 6.45) is 2.06. The third kappa shape index (κ3) is 6.59. The highest BCUT2D eigenvalue weighted by Crippen LogP contribution is 2.46. The van der Waals surface area contributed by atoms with Crippen molar-refractivity contribution < 1.29 is 16.8 Å². The lowest BCUT2D eigenvalue weighted by Crippen LogP contribution is -2.33. The molecule has 4 unspecified atom stereocenters. The van der Waals surface area contributed by atoms with Gasteiger partial charge in [-0.05, 0) is 123 Å². The lowest BCUT2D eigenvalue weighted by Gasteiger charge is -2.26. The van der Waals surface area contributed by atoms with Crippen LogP contribution in [0.5, 0.6) is 0 Å². The van der Waals surface area contributed by atoms with E-state index in [1.807, 2.05) is 36.4 Å². The molecule has 4 aliphatic rings. The molecule has 2 fully saturated rings. The maximum absolute atomic E-state index is 13.0. The van der Waals surface area contributed by atoms with Gasteiger partial charge in [-0.1, -0.05) is 50.2 Å². The van der Waals surface area contributed by atoms with Crippen molar-refractivity contribution in [3.63, 3.8) is 0 Å². The van der Waals surface area contributed by atoms with Crippen molar-refractivity contribution in [3.8, 4) is 0 Å². The molecule has 4 heterocycles. The molecule has 4 aliphatic heterocycles. The van der Waals surface area contributed by atoms with E-state index in [1.54, 1.807) is 60.7 Å². The number of rotatable bonds is 4. The zero-order chi connectivity index (χ0) is 35.2. The van der Waals surface area contributed by atoms with Gasteiger partial charge in [-0.15, -0.1) is 0 Å². The monoisotopic (exact) mass is 712 g/mol. The first-order valence-electron chi connectivity index (χ1n) is 17.8. The first-order chi connectivity index (χ1) is 23.9. The van der Waals surface area contributed by atoms with Crippen LogP contribution in [-0.4, -0.2) is 54.1 Å². The topological polar surface area (TPSA) is 116 Å². The molecule has 0 bridgehead atoms. The van der Waals surface area contributed by atoms with E-state index in [1.165, 1.54) is 0 Å². The van der Waals surface area contributed by atoms with E-state index in [4.69, 9.17) is 0 Å². The van der Waals surface area contributed by atoms with Crippen LogP contribution in [-0.2, 0) is 19.7 Å². The van der Waals surface area contributed by atoms with Gasteiger partial charge in [0.2, 0.25) is 19.7 Å².